The van der Waals surface area contributed by atoms with Crippen molar-refractivity contribution in [2.45, 2.75) is 24.8 Å². The van der Waals surface area contributed by atoms with Crippen LogP contribution in [0.5, 0.6) is 0 Å². The van der Waals surface area contributed by atoms with E-state index in [2.05, 4.69) is 10.4 Å². The Hall–Kier alpha value is -1.73. The highest BCUT2D eigenvalue weighted by Crippen LogP contribution is 2.12. The Balaban J connectivity index is 1.68. The molecule has 0 spiro atoms. The van der Waals surface area contributed by atoms with Gasteiger partial charge in [0.25, 0.3) is 0 Å². The van der Waals surface area contributed by atoms with E-state index in [9.17, 15) is 12.8 Å². The van der Waals surface area contributed by atoms with E-state index in [1.54, 1.807) is 6.20 Å². The highest BCUT2D eigenvalue weighted by molar-refractivity contribution is 7.91. The maximum absolute atomic E-state index is 12.8. The second-order valence-electron chi connectivity index (χ2n) is 5.16. The first-order valence-corrected chi connectivity index (χ1v) is 8.81. The number of rotatable bonds is 8. The fraction of sp³-hybridized carbons (Fsp3) is 0.400. The normalized spacial score (nSPS) is 11.7. The van der Waals surface area contributed by atoms with Crippen LogP contribution in [-0.2, 0) is 16.4 Å². The number of hydrogen-bond acceptors (Lipinski definition) is 4. The van der Waals surface area contributed by atoms with Crippen LogP contribution in [-0.4, -0.2) is 37.0 Å². The van der Waals surface area contributed by atoms with Crippen molar-refractivity contribution in [2.75, 3.05) is 18.8 Å². The van der Waals surface area contributed by atoms with Crippen LogP contribution in [0.4, 0.5) is 4.39 Å². The van der Waals surface area contributed by atoms with Crippen LogP contribution in [0, 0.1) is 12.7 Å². The largest absolute Gasteiger partial charge is 0.315 e. The summed E-state index contributed by atoms with van der Waals surface area (Å²) in [5.41, 5.74) is 1.12. The Morgan fingerprint density at radius 1 is 1.23 bits per heavy atom. The maximum atomic E-state index is 12.8. The summed E-state index contributed by atoms with van der Waals surface area (Å²) in [6.07, 6.45) is 4.27. The topological polar surface area (TPSA) is 64.0 Å². The first-order valence-electron chi connectivity index (χ1n) is 7.15. The zero-order valence-corrected chi connectivity index (χ0v) is 13.3. The van der Waals surface area contributed by atoms with Crippen LogP contribution < -0.4 is 5.32 Å². The molecular weight excluding hydrogens is 305 g/mol. The van der Waals surface area contributed by atoms with Crippen molar-refractivity contribution in [2.24, 2.45) is 0 Å². The summed E-state index contributed by atoms with van der Waals surface area (Å²) in [6, 6.07) is 4.94. The highest BCUT2D eigenvalue weighted by Gasteiger charge is 2.13. The molecule has 0 saturated heterocycles. The Morgan fingerprint density at radius 2 is 1.95 bits per heavy atom. The molecule has 0 amide bonds. The Morgan fingerprint density at radius 3 is 2.59 bits per heavy atom. The lowest BCUT2D eigenvalue weighted by Gasteiger charge is -2.06. The Kier molecular flexibility index (Phi) is 5.68. The van der Waals surface area contributed by atoms with Crippen molar-refractivity contribution in [1.29, 1.82) is 0 Å². The highest BCUT2D eigenvalue weighted by atomic mass is 32.2. The number of aryl methyl sites for hydroxylation is 1. The molecule has 0 fully saturated rings. The molecule has 0 saturated carbocycles. The molecule has 0 radical (unpaired) electrons. The molecule has 0 unspecified atom stereocenters. The average molecular weight is 325 g/mol. The summed E-state index contributed by atoms with van der Waals surface area (Å²) in [4.78, 5) is 0.168. The van der Waals surface area contributed by atoms with Crippen LogP contribution >= 0.6 is 0 Å². The van der Waals surface area contributed by atoms with Crippen molar-refractivity contribution < 1.29 is 12.8 Å². The number of nitrogens with one attached hydrogen (secondary N) is 1. The van der Waals surface area contributed by atoms with Gasteiger partial charge in [-0.25, -0.2) is 12.8 Å². The van der Waals surface area contributed by atoms with E-state index in [1.165, 1.54) is 12.1 Å². The van der Waals surface area contributed by atoms with Gasteiger partial charge in [-0.05, 0) is 49.7 Å². The first-order chi connectivity index (χ1) is 10.5. The van der Waals surface area contributed by atoms with Gasteiger partial charge in [0, 0.05) is 12.7 Å². The summed E-state index contributed by atoms with van der Waals surface area (Å²) in [5, 5.41) is 7.36. The third-order valence-electron chi connectivity index (χ3n) is 3.22. The van der Waals surface area contributed by atoms with E-state index < -0.39 is 15.7 Å². The van der Waals surface area contributed by atoms with E-state index in [-0.39, 0.29) is 10.6 Å². The van der Waals surface area contributed by atoms with Crippen molar-refractivity contribution >= 4 is 9.84 Å². The van der Waals surface area contributed by atoms with Crippen LogP contribution in [0.15, 0.2) is 41.6 Å². The number of benzene rings is 1. The molecule has 0 aliphatic rings. The predicted molar refractivity (Wildman–Crippen MR) is 82.9 cm³/mol. The summed E-state index contributed by atoms with van der Waals surface area (Å²) in [7, 11) is -3.34. The Labute approximate surface area is 130 Å². The van der Waals surface area contributed by atoms with Gasteiger partial charge < -0.3 is 5.32 Å². The summed E-state index contributed by atoms with van der Waals surface area (Å²) < 4.78 is 38.7. The third-order valence-corrected chi connectivity index (χ3v) is 5.04. The van der Waals surface area contributed by atoms with Crippen molar-refractivity contribution in [1.82, 2.24) is 15.1 Å². The van der Waals surface area contributed by atoms with Gasteiger partial charge in [-0.2, -0.15) is 5.10 Å². The van der Waals surface area contributed by atoms with E-state index in [0.717, 1.165) is 30.8 Å². The summed E-state index contributed by atoms with van der Waals surface area (Å²) >= 11 is 0. The van der Waals surface area contributed by atoms with Gasteiger partial charge in [-0.15, -0.1) is 0 Å². The average Bonchev–Trinajstić information content (AvgIpc) is 2.89. The number of hydrogen-bond donors (Lipinski definition) is 1. The predicted octanol–water partition coefficient (Wildman–Crippen LogP) is 1.78. The third kappa shape index (κ3) is 4.92. The fourth-order valence-corrected chi connectivity index (χ4v) is 3.37. The van der Waals surface area contributed by atoms with Crippen molar-refractivity contribution in [3.05, 3.63) is 48.0 Å². The quantitative estimate of drug-likeness (QED) is 0.594. The van der Waals surface area contributed by atoms with Gasteiger partial charge >= 0.3 is 0 Å². The van der Waals surface area contributed by atoms with Crippen LogP contribution in [0.3, 0.4) is 0 Å². The molecule has 1 heterocycles. The second kappa shape index (κ2) is 7.51. The van der Waals surface area contributed by atoms with E-state index >= 15 is 0 Å². The van der Waals surface area contributed by atoms with Crippen molar-refractivity contribution in [3.63, 3.8) is 0 Å². The number of sulfone groups is 1. The zero-order valence-electron chi connectivity index (χ0n) is 12.5. The molecular formula is C15H20FN3O2S. The van der Waals surface area contributed by atoms with Gasteiger partial charge in [-0.3, -0.25) is 4.68 Å². The summed E-state index contributed by atoms with van der Waals surface area (Å²) in [5.74, 6) is -0.388. The van der Waals surface area contributed by atoms with Crippen LogP contribution in [0.2, 0.25) is 0 Å². The smallest absolute Gasteiger partial charge is 0.178 e. The minimum absolute atomic E-state index is 0.0481. The molecule has 7 heteroatoms. The van der Waals surface area contributed by atoms with Crippen LogP contribution in [0.1, 0.15) is 12.0 Å². The molecule has 1 aromatic heterocycles. The lowest BCUT2D eigenvalue weighted by Crippen LogP contribution is -2.23. The minimum atomic E-state index is -3.34. The van der Waals surface area contributed by atoms with E-state index in [4.69, 9.17) is 0 Å². The molecule has 0 atom stereocenters. The SMILES string of the molecule is Cc1cnn(CCNCCCS(=O)(=O)c2ccc(F)cc2)c1. The number of nitrogens with zero attached hydrogens (tertiary/aromatic N) is 2. The number of aromatic nitrogens is 2. The lowest BCUT2D eigenvalue weighted by atomic mass is 10.4. The van der Waals surface area contributed by atoms with Gasteiger partial charge in [0.05, 0.1) is 23.4 Å². The fourth-order valence-electron chi connectivity index (χ4n) is 2.05. The van der Waals surface area contributed by atoms with E-state index in [1.807, 2.05) is 17.8 Å². The summed E-state index contributed by atoms with van der Waals surface area (Å²) in [6.45, 7) is 4.08. The van der Waals surface area contributed by atoms with E-state index in [0.29, 0.717) is 13.0 Å². The monoisotopic (exact) mass is 325 g/mol. The molecule has 1 aromatic carbocycles. The van der Waals surface area contributed by atoms with Gasteiger partial charge in [0.15, 0.2) is 9.84 Å². The van der Waals surface area contributed by atoms with Gasteiger partial charge in [-0.1, -0.05) is 0 Å². The molecule has 120 valence electrons. The van der Waals surface area contributed by atoms with Crippen molar-refractivity contribution in [3.8, 4) is 0 Å². The maximum Gasteiger partial charge on any atom is 0.178 e. The molecule has 0 aliphatic heterocycles. The molecule has 5 nitrogen and oxygen atoms in total. The first kappa shape index (κ1) is 16.6. The van der Waals surface area contributed by atoms with Crippen LogP contribution in [0.25, 0.3) is 0 Å². The lowest BCUT2D eigenvalue weighted by molar-refractivity contribution is 0.549. The van der Waals surface area contributed by atoms with Gasteiger partial charge in [0.2, 0.25) is 0 Å². The molecule has 1 N–H and O–H groups in total. The number of halogens is 1. The minimum Gasteiger partial charge on any atom is -0.315 e. The zero-order chi connectivity index (χ0) is 16.0. The molecule has 22 heavy (non-hydrogen) atoms. The second-order valence-corrected chi connectivity index (χ2v) is 7.27. The van der Waals surface area contributed by atoms with Gasteiger partial charge in [0.1, 0.15) is 5.82 Å². The standard InChI is InChI=1S/C15H20FN3O2S/c1-13-11-18-19(12-13)9-8-17-7-2-10-22(20,21)15-5-3-14(16)4-6-15/h3-6,11-12,17H,2,7-10H2,1H3. The molecule has 0 bridgehead atoms. The molecule has 0 aliphatic carbocycles. The molecule has 2 rings (SSSR count). The Bertz CT molecular complexity index is 696. The molecule has 2 aromatic rings.